The summed E-state index contributed by atoms with van der Waals surface area (Å²) in [7, 11) is 0. The van der Waals surface area contributed by atoms with Crippen LogP contribution in [0.1, 0.15) is 48.8 Å². The van der Waals surface area contributed by atoms with Gasteiger partial charge in [-0.1, -0.05) is 54.6 Å². The summed E-state index contributed by atoms with van der Waals surface area (Å²) in [6, 6.07) is 17.2. The first-order chi connectivity index (χ1) is 26.8. The topological polar surface area (TPSA) is 182 Å². The second-order valence-electron chi connectivity index (χ2n) is 14.9. The molecule has 4 aliphatic rings. The molecule has 0 radical (unpaired) electrons. The van der Waals surface area contributed by atoms with Gasteiger partial charge in [-0.2, -0.15) is 0 Å². The molecule has 4 fully saturated rings. The van der Waals surface area contributed by atoms with E-state index in [0.717, 1.165) is 42.4 Å². The van der Waals surface area contributed by atoms with Crippen LogP contribution < -0.4 is 16.8 Å². The standard InChI is InChI=1S/C40H57N7O8.2ClH/c41-24-29-6-8-31(9-7-29)26-43-38(49)45-17-21-46(22-18-45)39(50)54-28-35-36(53-27-32-4-2-1-3-5-32)34(14-23-52-35)55-40(51)47-19-15-44(16-20-47)37(48)33-12-10-30(25-42)11-13-33;;/h1-9,30,33-36H,10-28,41-42H2,(H,43,49);2*1H/t30?,33?,34-,35-,36+;;/m1../s1. The highest BCUT2D eigenvalue weighted by molar-refractivity contribution is 5.85. The van der Waals surface area contributed by atoms with E-state index in [4.69, 9.17) is 30.4 Å². The maximum Gasteiger partial charge on any atom is 0.410 e. The molecular weight excluding hydrogens is 777 g/mol. The van der Waals surface area contributed by atoms with Crippen molar-refractivity contribution in [2.75, 3.05) is 72.1 Å². The van der Waals surface area contributed by atoms with Gasteiger partial charge in [-0.3, -0.25) is 4.79 Å². The normalized spacial score (nSPS) is 23.7. The maximum atomic E-state index is 13.5. The van der Waals surface area contributed by atoms with Crippen molar-refractivity contribution in [2.45, 2.75) is 70.1 Å². The SMILES string of the molecule is Cl.Cl.NCc1ccc(CNC(=O)N2CCN(C(=O)OC[C@H]3OCC[C@@H](OC(=O)N4CCN(C(=O)C5CCC(CN)CC5)CC4)[C@@H]3OCc3ccccc3)CC2)cc1. The molecule has 17 heteroatoms. The van der Waals surface area contributed by atoms with E-state index in [2.05, 4.69) is 5.32 Å². The highest BCUT2D eigenvalue weighted by Crippen LogP contribution is 2.30. The van der Waals surface area contributed by atoms with Crippen molar-refractivity contribution in [3.8, 4) is 0 Å². The molecular formula is C40H59Cl2N7O8. The fourth-order valence-corrected chi connectivity index (χ4v) is 7.72. The third-order valence-electron chi connectivity index (χ3n) is 11.3. The summed E-state index contributed by atoms with van der Waals surface area (Å²) < 4.78 is 24.3. The van der Waals surface area contributed by atoms with E-state index in [9.17, 15) is 19.2 Å². The zero-order valence-electron chi connectivity index (χ0n) is 32.5. The lowest BCUT2D eigenvalue weighted by Crippen LogP contribution is -2.55. The second-order valence-corrected chi connectivity index (χ2v) is 14.9. The number of nitrogens with one attached hydrogen (secondary N) is 1. The number of hydrogen-bond donors (Lipinski definition) is 3. The van der Waals surface area contributed by atoms with Gasteiger partial charge in [0.05, 0.1) is 13.2 Å². The van der Waals surface area contributed by atoms with Crippen LogP contribution in [0.5, 0.6) is 0 Å². The number of amides is 5. The first kappa shape index (κ1) is 45.8. The molecule has 0 unspecified atom stereocenters. The van der Waals surface area contributed by atoms with Gasteiger partial charge in [0.25, 0.3) is 0 Å². The highest BCUT2D eigenvalue weighted by Gasteiger charge is 2.40. The summed E-state index contributed by atoms with van der Waals surface area (Å²) in [6.07, 6.45) is 1.17. The molecule has 3 aliphatic heterocycles. The molecule has 0 aromatic heterocycles. The molecule has 3 atom stereocenters. The molecule has 0 bridgehead atoms. The van der Waals surface area contributed by atoms with Gasteiger partial charge in [-0.25, -0.2) is 14.4 Å². The summed E-state index contributed by atoms with van der Waals surface area (Å²) in [4.78, 5) is 59.5. The molecule has 3 saturated heterocycles. The van der Waals surface area contributed by atoms with Crippen LogP contribution in [-0.4, -0.2) is 134 Å². The van der Waals surface area contributed by atoms with Crippen LogP contribution in [0.4, 0.5) is 14.4 Å². The van der Waals surface area contributed by atoms with Crippen molar-refractivity contribution in [1.29, 1.82) is 0 Å². The number of carbonyl (C=O) groups is 4. The van der Waals surface area contributed by atoms with E-state index in [0.29, 0.717) is 90.9 Å². The van der Waals surface area contributed by atoms with Gasteiger partial charge in [-0.15, -0.1) is 24.8 Å². The zero-order valence-corrected chi connectivity index (χ0v) is 34.2. The number of hydrogen-bond acceptors (Lipinski definition) is 10. The third-order valence-corrected chi connectivity index (χ3v) is 11.3. The number of ether oxygens (including phenoxy) is 4. The van der Waals surface area contributed by atoms with E-state index < -0.39 is 30.5 Å². The van der Waals surface area contributed by atoms with E-state index in [1.165, 1.54) is 0 Å². The van der Waals surface area contributed by atoms with Crippen LogP contribution in [0.2, 0.25) is 0 Å². The smallest absolute Gasteiger partial charge is 0.410 e. The minimum Gasteiger partial charge on any atom is -0.447 e. The number of carbonyl (C=O) groups excluding carboxylic acids is 4. The van der Waals surface area contributed by atoms with Crippen LogP contribution in [0, 0.1) is 11.8 Å². The average molecular weight is 837 g/mol. The van der Waals surface area contributed by atoms with E-state index in [-0.39, 0.29) is 55.9 Å². The quantitative estimate of drug-likeness (QED) is 0.302. The average Bonchev–Trinajstić information content (AvgIpc) is 3.24. The van der Waals surface area contributed by atoms with Gasteiger partial charge >= 0.3 is 18.2 Å². The number of nitrogens with two attached hydrogens (primary N) is 2. The molecule has 2 aromatic rings. The molecule has 5 amide bonds. The number of rotatable bonds is 11. The van der Waals surface area contributed by atoms with Gasteiger partial charge in [0, 0.05) is 77.8 Å². The maximum absolute atomic E-state index is 13.5. The minimum absolute atomic E-state index is 0. The van der Waals surface area contributed by atoms with Crippen LogP contribution in [0.25, 0.3) is 0 Å². The van der Waals surface area contributed by atoms with Crippen LogP contribution in [0.3, 0.4) is 0 Å². The first-order valence-electron chi connectivity index (χ1n) is 19.7. The summed E-state index contributed by atoms with van der Waals surface area (Å²) >= 11 is 0. The molecule has 2 aromatic carbocycles. The highest BCUT2D eigenvalue weighted by atomic mass is 35.5. The Morgan fingerprint density at radius 3 is 1.93 bits per heavy atom. The van der Waals surface area contributed by atoms with Crippen LogP contribution >= 0.6 is 24.8 Å². The Hall–Kier alpha value is -3.86. The van der Waals surface area contributed by atoms with E-state index in [1.54, 1.807) is 14.7 Å². The van der Waals surface area contributed by atoms with Crippen molar-refractivity contribution in [3.63, 3.8) is 0 Å². The third kappa shape index (κ3) is 12.8. The minimum atomic E-state index is -0.690. The number of benzene rings is 2. The van der Waals surface area contributed by atoms with E-state index >= 15 is 0 Å². The molecule has 6 rings (SSSR count). The molecule has 3 heterocycles. The van der Waals surface area contributed by atoms with Crippen molar-refractivity contribution in [3.05, 3.63) is 71.3 Å². The van der Waals surface area contributed by atoms with Crippen molar-refractivity contribution in [2.24, 2.45) is 23.3 Å². The Balaban J connectivity index is 0.00000360. The Morgan fingerprint density at radius 1 is 0.702 bits per heavy atom. The van der Waals surface area contributed by atoms with Gasteiger partial charge < -0.3 is 55.3 Å². The summed E-state index contributed by atoms with van der Waals surface area (Å²) in [6.45, 7) is 5.09. The second kappa shape index (κ2) is 22.9. The molecule has 5 N–H and O–H groups in total. The number of nitrogens with zero attached hydrogens (tertiary/aromatic N) is 4. The predicted molar refractivity (Wildman–Crippen MR) is 218 cm³/mol. The molecule has 316 valence electrons. The van der Waals surface area contributed by atoms with E-state index in [1.807, 2.05) is 59.5 Å². The number of piperazine rings is 2. The summed E-state index contributed by atoms with van der Waals surface area (Å²) in [5, 5.41) is 2.94. The molecule has 57 heavy (non-hydrogen) atoms. The van der Waals surface area contributed by atoms with Crippen LogP contribution in [0.15, 0.2) is 54.6 Å². The lowest BCUT2D eigenvalue weighted by atomic mass is 9.81. The van der Waals surface area contributed by atoms with Gasteiger partial charge in [0.15, 0.2) is 0 Å². The van der Waals surface area contributed by atoms with Crippen molar-refractivity contribution >= 4 is 48.9 Å². The van der Waals surface area contributed by atoms with Crippen molar-refractivity contribution < 1.29 is 38.1 Å². The van der Waals surface area contributed by atoms with Gasteiger partial charge in [0.1, 0.15) is 24.9 Å². The largest absolute Gasteiger partial charge is 0.447 e. The molecule has 15 nitrogen and oxygen atoms in total. The predicted octanol–water partition coefficient (Wildman–Crippen LogP) is 3.74. The van der Waals surface area contributed by atoms with Gasteiger partial charge in [0.2, 0.25) is 5.91 Å². The van der Waals surface area contributed by atoms with Crippen LogP contribution in [-0.2, 0) is 43.4 Å². The fourth-order valence-electron chi connectivity index (χ4n) is 7.72. The van der Waals surface area contributed by atoms with Crippen molar-refractivity contribution in [1.82, 2.24) is 24.9 Å². The molecule has 0 spiro atoms. The Labute approximate surface area is 347 Å². The molecule has 1 aliphatic carbocycles. The summed E-state index contributed by atoms with van der Waals surface area (Å²) in [5.41, 5.74) is 14.4. The fraction of sp³-hybridized carbons (Fsp3) is 0.600. The first-order valence-corrected chi connectivity index (χ1v) is 19.7. The van der Waals surface area contributed by atoms with Gasteiger partial charge in [-0.05, 0) is 54.8 Å². The Bertz CT molecular complexity index is 1550. The Kier molecular flexibility index (Phi) is 18.4. The summed E-state index contributed by atoms with van der Waals surface area (Å²) in [5.74, 6) is 0.714. The zero-order chi connectivity index (χ0) is 38.6. The molecule has 1 saturated carbocycles. The lowest BCUT2D eigenvalue weighted by Gasteiger charge is -2.40. The Morgan fingerprint density at radius 2 is 1.30 bits per heavy atom. The monoisotopic (exact) mass is 835 g/mol. The lowest BCUT2D eigenvalue weighted by molar-refractivity contribution is -0.178. The number of urea groups is 1. The number of halogens is 2.